The molecule has 0 aliphatic rings. The van der Waals surface area contributed by atoms with Crippen LogP contribution in [0.3, 0.4) is 0 Å². The zero-order valence-corrected chi connectivity index (χ0v) is 19.9. The first-order valence-corrected chi connectivity index (χ1v) is 11.3. The third-order valence-electron chi connectivity index (χ3n) is 5.13. The van der Waals surface area contributed by atoms with Gasteiger partial charge < -0.3 is 24.5 Å². The molecule has 0 radical (unpaired) electrons. The van der Waals surface area contributed by atoms with Crippen LogP contribution in [0.25, 0.3) is 6.08 Å². The van der Waals surface area contributed by atoms with E-state index >= 15 is 0 Å². The zero-order chi connectivity index (χ0) is 24.5. The topological polar surface area (TPSA) is 89.8 Å². The Morgan fingerprint density at radius 1 is 1.00 bits per heavy atom. The number of carbonyl (C=O) groups excluding carboxylic acids is 2. The highest BCUT2D eigenvalue weighted by Crippen LogP contribution is 2.30. The minimum absolute atomic E-state index is 0.0750. The fourth-order valence-corrected chi connectivity index (χ4v) is 3.39. The van der Waals surface area contributed by atoms with E-state index in [0.29, 0.717) is 36.0 Å². The summed E-state index contributed by atoms with van der Waals surface area (Å²) in [6.45, 7) is 8.52. The highest BCUT2D eigenvalue weighted by Gasteiger charge is 2.19. The van der Waals surface area contributed by atoms with E-state index in [1.807, 2.05) is 58.0 Å². The number of hydrogen-bond donors (Lipinski definition) is 2. The molecule has 2 aromatic carbocycles. The predicted octanol–water partition coefficient (Wildman–Crippen LogP) is 5.03. The number of nitrogens with one attached hydrogen (secondary N) is 2. The molecule has 0 fully saturated rings. The normalized spacial score (nSPS) is 12.1. The lowest BCUT2D eigenvalue weighted by Crippen LogP contribution is -2.36. The van der Waals surface area contributed by atoms with Gasteiger partial charge in [-0.25, -0.2) is 0 Å². The summed E-state index contributed by atoms with van der Waals surface area (Å²) in [5.41, 5.74) is 2.21. The van der Waals surface area contributed by atoms with E-state index < -0.39 is 5.91 Å². The largest absolute Gasteiger partial charge is 0.490 e. The Hall–Kier alpha value is -4.00. The van der Waals surface area contributed by atoms with Crippen molar-refractivity contribution in [3.8, 4) is 11.5 Å². The van der Waals surface area contributed by atoms with Gasteiger partial charge in [-0.1, -0.05) is 24.3 Å². The number of amides is 2. The fraction of sp³-hybridized carbons (Fsp3) is 0.259. The number of hydrogen-bond acceptors (Lipinski definition) is 5. The van der Waals surface area contributed by atoms with Crippen molar-refractivity contribution >= 4 is 17.9 Å². The van der Waals surface area contributed by atoms with Gasteiger partial charge in [-0.15, -0.1) is 0 Å². The molecule has 7 nitrogen and oxygen atoms in total. The van der Waals surface area contributed by atoms with E-state index in [0.717, 1.165) is 11.1 Å². The number of benzene rings is 2. The molecule has 1 aromatic heterocycles. The van der Waals surface area contributed by atoms with Crippen molar-refractivity contribution in [3.63, 3.8) is 0 Å². The zero-order valence-electron chi connectivity index (χ0n) is 19.9. The van der Waals surface area contributed by atoms with Crippen molar-refractivity contribution in [2.24, 2.45) is 0 Å². The average molecular weight is 463 g/mol. The SMILES string of the molecule is CCOc1ccc([C@@H](C)NC(=O)/C(=C/c2ccco2)NC(=O)c2ccccc2C)cc1OCC. The maximum Gasteiger partial charge on any atom is 0.268 e. The first-order valence-electron chi connectivity index (χ1n) is 11.3. The molecule has 0 bridgehead atoms. The van der Waals surface area contributed by atoms with Crippen molar-refractivity contribution in [2.45, 2.75) is 33.7 Å². The van der Waals surface area contributed by atoms with Crippen LogP contribution in [-0.4, -0.2) is 25.0 Å². The first kappa shape index (κ1) is 24.6. The lowest BCUT2D eigenvalue weighted by Gasteiger charge is -2.19. The second-order valence-corrected chi connectivity index (χ2v) is 7.61. The second kappa shape index (κ2) is 11.7. The quantitative estimate of drug-likeness (QED) is 0.412. The summed E-state index contributed by atoms with van der Waals surface area (Å²) in [6.07, 6.45) is 3.00. The molecule has 0 aliphatic heterocycles. The number of furan rings is 1. The summed E-state index contributed by atoms with van der Waals surface area (Å²) >= 11 is 0. The van der Waals surface area contributed by atoms with Crippen LogP contribution in [0, 0.1) is 6.92 Å². The van der Waals surface area contributed by atoms with Gasteiger partial charge in [0, 0.05) is 11.6 Å². The molecule has 0 aliphatic carbocycles. The van der Waals surface area contributed by atoms with Crippen molar-refractivity contribution in [3.05, 3.63) is 89.0 Å². The van der Waals surface area contributed by atoms with Crippen molar-refractivity contribution in [1.29, 1.82) is 0 Å². The Morgan fingerprint density at radius 2 is 1.74 bits per heavy atom. The Labute approximate surface area is 199 Å². The highest BCUT2D eigenvalue weighted by molar-refractivity contribution is 6.05. The number of aryl methyl sites for hydroxylation is 1. The predicted molar refractivity (Wildman–Crippen MR) is 131 cm³/mol. The third kappa shape index (κ3) is 6.28. The monoisotopic (exact) mass is 462 g/mol. The van der Waals surface area contributed by atoms with Gasteiger partial charge in [-0.3, -0.25) is 9.59 Å². The van der Waals surface area contributed by atoms with E-state index in [1.54, 1.807) is 24.3 Å². The summed E-state index contributed by atoms with van der Waals surface area (Å²) in [4.78, 5) is 26.1. The van der Waals surface area contributed by atoms with E-state index in [-0.39, 0.29) is 17.6 Å². The minimum atomic E-state index is -0.447. The van der Waals surface area contributed by atoms with Gasteiger partial charge in [-0.05, 0) is 69.2 Å². The Balaban J connectivity index is 1.82. The molecule has 0 unspecified atom stereocenters. The van der Waals surface area contributed by atoms with Crippen LogP contribution in [0.4, 0.5) is 0 Å². The lowest BCUT2D eigenvalue weighted by molar-refractivity contribution is -0.118. The summed E-state index contributed by atoms with van der Waals surface area (Å²) in [5, 5.41) is 5.67. The van der Waals surface area contributed by atoms with Crippen molar-refractivity contribution < 1.29 is 23.5 Å². The third-order valence-corrected chi connectivity index (χ3v) is 5.13. The van der Waals surface area contributed by atoms with E-state index in [9.17, 15) is 9.59 Å². The molecule has 1 atom stereocenters. The number of carbonyl (C=O) groups is 2. The van der Waals surface area contributed by atoms with Crippen LogP contribution in [-0.2, 0) is 4.79 Å². The van der Waals surface area contributed by atoms with Crippen LogP contribution in [0.2, 0.25) is 0 Å². The van der Waals surface area contributed by atoms with Crippen molar-refractivity contribution in [1.82, 2.24) is 10.6 Å². The molecule has 178 valence electrons. The minimum Gasteiger partial charge on any atom is -0.490 e. The van der Waals surface area contributed by atoms with E-state index in [2.05, 4.69) is 10.6 Å². The standard InChI is InChI=1S/C27H30N2O5/c1-5-32-24-14-13-20(16-25(24)33-6-2)19(4)28-27(31)23(17-21-11-9-15-34-21)29-26(30)22-12-8-7-10-18(22)3/h7-17,19H,5-6H2,1-4H3,(H,28,31)(H,29,30)/b23-17-/t19-/m1/s1. The van der Waals surface area contributed by atoms with Crippen LogP contribution < -0.4 is 20.1 Å². The molecule has 2 amide bonds. The summed E-state index contributed by atoms with van der Waals surface area (Å²) in [6, 6.07) is 15.8. The van der Waals surface area contributed by atoms with Gasteiger partial charge in [0.2, 0.25) is 0 Å². The van der Waals surface area contributed by atoms with Crippen LogP contribution >= 0.6 is 0 Å². The molecule has 0 saturated heterocycles. The smallest absolute Gasteiger partial charge is 0.268 e. The summed E-state index contributed by atoms with van der Waals surface area (Å²) < 4.78 is 16.7. The van der Waals surface area contributed by atoms with Gasteiger partial charge in [0.15, 0.2) is 11.5 Å². The molecular formula is C27H30N2O5. The fourth-order valence-electron chi connectivity index (χ4n) is 3.39. The highest BCUT2D eigenvalue weighted by atomic mass is 16.5. The van der Waals surface area contributed by atoms with Gasteiger partial charge in [0.05, 0.1) is 25.5 Å². The maximum absolute atomic E-state index is 13.2. The molecule has 2 N–H and O–H groups in total. The summed E-state index contributed by atoms with van der Waals surface area (Å²) in [7, 11) is 0. The molecule has 3 aromatic rings. The molecule has 7 heteroatoms. The second-order valence-electron chi connectivity index (χ2n) is 7.61. The molecule has 1 heterocycles. The molecular weight excluding hydrogens is 432 g/mol. The van der Waals surface area contributed by atoms with Crippen LogP contribution in [0.15, 0.2) is 71.0 Å². The van der Waals surface area contributed by atoms with Gasteiger partial charge in [0.1, 0.15) is 11.5 Å². The maximum atomic E-state index is 13.2. The first-order chi connectivity index (χ1) is 16.4. The van der Waals surface area contributed by atoms with Crippen molar-refractivity contribution in [2.75, 3.05) is 13.2 Å². The molecule has 0 spiro atoms. The number of ether oxygens (including phenoxy) is 2. The average Bonchev–Trinajstić information content (AvgIpc) is 3.33. The van der Waals surface area contributed by atoms with E-state index in [4.69, 9.17) is 13.9 Å². The lowest BCUT2D eigenvalue weighted by atomic mass is 10.1. The Bertz CT molecular complexity index is 1150. The Kier molecular flexibility index (Phi) is 8.51. The molecule has 0 saturated carbocycles. The van der Waals surface area contributed by atoms with Gasteiger partial charge in [0.25, 0.3) is 11.8 Å². The van der Waals surface area contributed by atoms with Gasteiger partial charge >= 0.3 is 0 Å². The Morgan fingerprint density at radius 3 is 2.41 bits per heavy atom. The van der Waals surface area contributed by atoms with Crippen LogP contribution in [0.1, 0.15) is 54.1 Å². The molecule has 34 heavy (non-hydrogen) atoms. The molecule has 3 rings (SSSR count). The summed E-state index contributed by atoms with van der Waals surface area (Å²) in [5.74, 6) is 0.886. The number of rotatable bonds is 10. The van der Waals surface area contributed by atoms with Gasteiger partial charge in [-0.2, -0.15) is 0 Å². The van der Waals surface area contributed by atoms with Crippen LogP contribution in [0.5, 0.6) is 11.5 Å². The van der Waals surface area contributed by atoms with E-state index in [1.165, 1.54) is 12.3 Å².